The molecule has 0 aliphatic rings. The molecule has 2 aromatic heterocycles. The first kappa shape index (κ1) is 8.33. The smallest absolute Gasteiger partial charge is 0.0274 e. The lowest BCUT2D eigenvalue weighted by molar-refractivity contribution is 1.34. The van der Waals surface area contributed by atoms with Crippen LogP contribution in [0.2, 0.25) is 0 Å². The number of aromatic nitrogens is 2. The number of rotatable bonds is 2. The Balaban J connectivity index is 2.16. The highest BCUT2D eigenvalue weighted by Crippen LogP contribution is 2.07. The molecule has 0 amide bonds. The number of pyridine rings is 2. The largest absolute Gasteiger partial charge is 0.265 e. The second kappa shape index (κ2) is 4.11. The highest BCUT2D eigenvalue weighted by molar-refractivity contribution is 7.55. The van der Waals surface area contributed by atoms with Gasteiger partial charge >= 0.3 is 0 Å². The molecule has 0 saturated carbocycles. The van der Waals surface area contributed by atoms with E-state index in [1.165, 1.54) is 10.6 Å². The first-order valence-corrected chi connectivity index (χ1v) is 5.02. The average Bonchev–Trinajstić information content (AvgIpc) is 2.21. The molecule has 0 saturated heterocycles. The zero-order valence-corrected chi connectivity index (χ0v) is 8.01. The quantitative estimate of drug-likeness (QED) is 0.659. The van der Waals surface area contributed by atoms with Crippen LogP contribution in [-0.4, -0.2) is 9.97 Å². The molecule has 0 aliphatic carbocycles. The van der Waals surface area contributed by atoms with Crippen molar-refractivity contribution in [2.75, 3.05) is 0 Å². The van der Waals surface area contributed by atoms with Gasteiger partial charge in [0, 0.05) is 24.8 Å². The highest BCUT2D eigenvalue weighted by atomic mass is 31.1. The Labute approximate surface area is 78.8 Å². The second-order valence-electron chi connectivity index (χ2n) is 2.60. The lowest BCUT2D eigenvalue weighted by Crippen LogP contribution is -2.02. The van der Waals surface area contributed by atoms with Gasteiger partial charge in [0.25, 0.3) is 0 Å². The van der Waals surface area contributed by atoms with E-state index in [-0.39, 0.29) is 0 Å². The van der Waals surface area contributed by atoms with E-state index in [1.807, 2.05) is 49.1 Å². The first-order valence-electron chi connectivity index (χ1n) is 4.02. The van der Waals surface area contributed by atoms with Crippen LogP contribution in [0.3, 0.4) is 0 Å². The second-order valence-corrected chi connectivity index (χ2v) is 4.00. The summed E-state index contributed by atoms with van der Waals surface area (Å²) in [5.41, 5.74) is 0. The summed E-state index contributed by atoms with van der Waals surface area (Å²) in [6.45, 7) is 0. The number of nitrogens with zero attached hydrogens (tertiary/aromatic N) is 2. The van der Waals surface area contributed by atoms with Crippen molar-refractivity contribution in [2.24, 2.45) is 0 Å². The molecule has 0 radical (unpaired) electrons. The third kappa shape index (κ3) is 2.33. The van der Waals surface area contributed by atoms with Crippen LogP contribution < -0.4 is 10.6 Å². The molecule has 64 valence electrons. The molecule has 0 fully saturated rings. The van der Waals surface area contributed by atoms with Crippen LogP contribution in [0.4, 0.5) is 0 Å². The molecular weight excluding hydrogens is 179 g/mol. The summed E-state index contributed by atoms with van der Waals surface area (Å²) >= 11 is 0. The topological polar surface area (TPSA) is 25.8 Å². The van der Waals surface area contributed by atoms with Crippen molar-refractivity contribution in [3.05, 3.63) is 49.1 Å². The van der Waals surface area contributed by atoms with Crippen molar-refractivity contribution in [3.8, 4) is 0 Å². The third-order valence-corrected chi connectivity index (χ3v) is 2.89. The van der Waals surface area contributed by atoms with E-state index in [0.29, 0.717) is 8.58 Å². The SMILES string of the molecule is c1cc(Pc2ccncc2)ccn1. The first-order chi connectivity index (χ1) is 6.45. The fraction of sp³-hybridized carbons (Fsp3) is 0. The van der Waals surface area contributed by atoms with Gasteiger partial charge in [-0.15, -0.1) is 0 Å². The van der Waals surface area contributed by atoms with Crippen molar-refractivity contribution in [1.29, 1.82) is 0 Å². The van der Waals surface area contributed by atoms with E-state index in [2.05, 4.69) is 9.97 Å². The van der Waals surface area contributed by atoms with Crippen molar-refractivity contribution in [3.63, 3.8) is 0 Å². The molecule has 0 spiro atoms. The standard InChI is InChI=1S/C10H9N2P/c1-5-11-6-2-9(1)13-10-3-7-12-8-4-10/h1-8,13H. The van der Waals surface area contributed by atoms with Crippen LogP contribution in [0, 0.1) is 0 Å². The van der Waals surface area contributed by atoms with Gasteiger partial charge in [0.15, 0.2) is 0 Å². The fourth-order valence-electron chi connectivity index (χ4n) is 1.04. The van der Waals surface area contributed by atoms with Crippen molar-refractivity contribution in [1.82, 2.24) is 9.97 Å². The van der Waals surface area contributed by atoms with Gasteiger partial charge in [-0.3, -0.25) is 9.97 Å². The fourth-order valence-corrected chi connectivity index (χ4v) is 2.00. The maximum Gasteiger partial charge on any atom is 0.0274 e. The van der Waals surface area contributed by atoms with E-state index < -0.39 is 0 Å². The molecule has 0 bridgehead atoms. The van der Waals surface area contributed by atoms with Gasteiger partial charge in [0.1, 0.15) is 0 Å². The Morgan fingerprint density at radius 1 is 0.692 bits per heavy atom. The zero-order chi connectivity index (χ0) is 8.93. The zero-order valence-electron chi connectivity index (χ0n) is 7.01. The minimum absolute atomic E-state index is 0.697. The van der Waals surface area contributed by atoms with Crippen LogP contribution in [0.1, 0.15) is 0 Å². The number of hydrogen-bond donors (Lipinski definition) is 0. The molecule has 2 aromatic rings. The van der Waals surface area contributed by atoms with E-state index in [4.69, 9.17) is 0 Å². The Morgan fingerprint density at radius 2 is 1.08 bits per heavy atom. The molecule has 13 heavy (non-hydrogen) atoms. The van der Waals surface area contributed by atoms with E-state index in [9.17, 15) is 0 Å². The summed E-state index contributed by atoms with van der Waals surface area (Å²) < 4.78 is 0. The Morgan fingerprint density at radius 3 is 1.46 bits per heavy atom. The summed E-state index contributed by atoms with van der Waals surface area (Å²) in [5, 5.41) is 2.61. The summed E-state index contributed by atoms with van der Waals surface area (Å²) in [5.74, 6) is 0. The molecular formula is C10H9N2P. The molecule has 0 N–H and O–H groups in total. The van der Waals surface area contributed by atoms with Crippen LogP contribution in [0.5, 0.6) is 0 Å². The van der Waals surface area contributed by atoms with E-state index >= 15 is 0 Å². The van der Waals surface area contributed by atoms with Crippen LogP contribution in [0.15, 0.2) is 49.1 Å². The maximum atomic E-state index is 3.98. The monoisotopic (exact) mass is 188 g/mol. The molecule has 0 unspecified atom stereocenters. The van der Waals surface area contributed by atoms with Gasteiger partial charge in [-0.05, 0) is 34.9 Å². The van der Waals surface area contributed by atoms with E-state index in [0.717, 1.165) is 0 Å². The van der Waals surface area contributed by atoms with Crippen molar-refractivity contribution in [2.45, 2.75) is 0 Å². The van der Waals surface area contributed by atoms with Crippen molar-refractivity contribution >= 4 is 19.2 Å². The van der Waals surface area contributed by atoms with Gasteiger partial charge in [-0.1, -0.05) is 8.58 Å². The molecule has 0 aromatic carbocycles. The molecule has 2 rings (SSSR count). The highest BCUT2D eigenvalue weighted by Gasteiger charge is 1.93. The minimum atomic E-state index is 0.697. The predicted molar refractivity (Wildman–Crippen MR) is 56.1 cm³/mol. The lowest BCUT2D eigenvalue weighted by Gasteiger charge is -1.99. The molecule has 2 heterocycles. The van der Waals surface area contributed by atoms with Gasteiger partial charge in [-0.2, -0.15) is 0 Å². The van der Waals surface area contributed by atoms with Gasteiger partial charge in [0.2, 0.25) is 0 Å². The van der Waals surface area contributed by atoms with Crippen molar-refractivity contribution < 1.29 is 0 Å². The molecule has 3 heteroatoms. The molecule has 0 aliphatic heterocycles. The lowest BCUT2D eigenvalue weighted by atomic mass is 10.5. The predicted octanol–water partition coefficient (Wildman–Crippen LogP) is 1.11. The Bertz CT molecular complexity index is 324. The van der Waals surface area contributed by atoms with Crippen LogP contribution in [0.25, 0.3) is 0 Å². The van der Waals surface area contributed by atoms with Crippen LogP contribution >= 0.6 is 8.58 Å². The van der Waals surface area contributed by atoms with Gasteiger partial charge in [-0.25, -0.2) is 0 Å². The summed E-state index contributed by atoms with van der Waals surface area (Å²) in [7, 11) is 0.697. The minimum Gasteiger partial charge on any atom is -0.265 e. The normalized spacial score (nSPS) is 9.85. The molecule has 2 nitrogen and oxygen atoms in total. The average molecular weight is 188 g/mol. The molecule has 0 atom stereocenters. The summed E-state index contributed by atoms with van der Waals surface area (Å²) in [6, 6.07) is 8.16. The Kier molecular flexibility index (Phi) is 2.63. The third-order valence-electron chi connectivity index (χ3n) is 1.65. The number of hydrogen-bond acceptors (Lipinski definition) is 2. The van der Waals surface area contributed by atoms with Crippen LogP contribution in [-0.2, 0) is 0 Å². The Hall–Kier alpha value is -1.27. The maximum absolute atomic E-state index is 3.98. The van der Waals surface area contributed by atoms with Gasteiger partial charge < -0.3 is 0 Å². The summed E-state index contributed by atoms with van der Waals surface area (Å²) in [6.07, 6.45) is 7.29. The summed E-state index contributed by atoms with van der Waals surface area (Å²) in [4.78, 5) is 7.96. The van der Waals surface area contributed by atoms with Gasteiger partial charge in [0.05, 0.1) is 0 Å². The van der Waals surface area contributed by atoms with E-state index in [1.54, 1.807) is 0 Å².